The third-order valence-electron chi connectivity index (χ3n) is 1.20. The first-order valence-corrected chi connectivity index (χ1v) is 3.79. The molecular weight excluding hydrogens is 243 g/mol. The molecule has 0 amide bonds. The van der Waals surface area contributed by atoms with Gasteiger partial charge in [0.15, 0.2) is 5.58 Å². The quantitative estimate of drug-likeness (QED) is 0.525. The molecule has 0 bridgehead atoms. The molecule has 10 heavy (non-hydrogen) atoms. The van der Waals surface area contributed by atoms with E-state index < -0.39 is 0 Å². The molecule has 2 heterocycles. The van der Waals surface area contributed by atoms with Gasteiger partial charge in [-0.25, -0.2) is 9.97 Å². The fraction of sp³-hybridized carbons (Fsp3) is 0. The van der Waals surface area contributed by atoms with Crippen molar-refractivity contribution in [3.05, 3.63) is 22.4 Å². The van der Waals surface area contributed by atoms with Crippen molar-refractivity contribution in [2.75, 3.05) is 0 Å². The molecule has 2 rings (SSSR count). The predicted octanol–water partition coefficient (Wildman–Crippen LogP) is 1.83. The standard InChI is InChI=1S/C6H3IN2O/c7-6-5-4(1-2-10-5)8-3-9-6/h1-3H. The van der Waals surface area contributed by atoms with E-state index in [4.69, 9.17) is 4.42 Å². The molecule has 0 aromatic carbocycles. The Balaban J connectivity index is 2.95. The Morgan fingerprint density at radius 1 is 1.40 bits per heavy atom. The molecule has 0 saturated heterocycles. The highest BCUT2D eigenvalue weighted by Crippen LogP contribution is 2.16. The van der Waals surface area contributed by atoms with Crippen molar-refractivity contribution < 1.29 is 4.42 Å². The molecule has 0 radical (unpaired) electrons. The van der Waals surface area contributed by atoms with E-state index in [1.165, 1.54) is 6.33 Å². The molecule has 0 aliphatic carbocycles. The van der Waals surface area contributed by atoms with Crippen molar-refractivity contribution in [2.45, 2.75) is 0 Å². The SMILES string of the molecule is Ic1ncnc2ccoc12. The van der Waals surface area contributed by atoms with Gasteiger partial charge in [0.25, 0.3) is 0 Å². The maximum atomic E-state index is 5.12. The summed E-state index contributed by atoms with van der Waals surface area (Å²) in [5, 5.41) is 0. The van der Waals surface area contributed by atoms with Crippen molar-refractivity contribution in [1.82, 2.24) is 9.97 Å². The van der Waals surface area contributed by atoms with Gasteiger partial charge in [-0.1, -0.05) is 0 Å². The Morgan fingerprint density at radius 3 is 3.10 bits per heavy atom. The maximum Gasteiger partial charge on any atom is 0.184 e. The molecule has 3 nitrogen and oxygen atoms in total. The Bertz CT molecular complexity index is 357. The molecular formula is C6H3IN2O. The van der Waals surface area contributed by atoms with Crippen molar-refractivity contribution in [3.63, 3.8) is 0 Å². The normalized spacial score (nSPS) is 10.5. The van der Waals surface area contributed by atoms with Crippen molar-refractivity contribution >= 4 is 33.7 Å². The highest BCUT2D eigenvalue weighted by Gasteiger charge is 2.01. The molecule has 2 aromatic rings. The van der Waals surface area contributed by atoms with Crippen LogP contribution in [0, 0.1) is 3.70 Å². The van der Waals surface area contributed by atoms with E-state index in [2.05, 4.69) is 32.6 Å². The van der Waals surface area contributed by atoms with Crippen molar-refractivity contribution in [2.24, 2.45) is 0 Å². The van der Waals surface area contributed by atoms with Crippen molar-refractivity contribution in [3.8, 4) is 0 Å². The summed E-state index contributed by atoms with van der Waals surface area (Å²) in [5.41, 5.74) is 1.63. The molecule has 0 saturated carbocycles. The van der Waals surface area contributed by atoms with Crippen LogP contribution in [0.1, 0.15) is 0 Å². The first-order chi connectivity index (χ1) is 4.88. The van der Waals surface area contributed by atoms with Crippen LogP contribution in [0.5, 0.6) is 0 Å². The zero-order valence-electron chi connectivity index (χ0n) is 4.91. The predicted molar refractivity (Wildman–Crippen MR) is 44.5 cm³/mol. The molecule has 0 aliphatic rings. The average molecular weight is 246 g/mol. The largest absolute Gasteiger partial charge is 0.460 e. The zero-order chi connectivity index (χ0) is 6.97. The van der Waals surface area contributed by atoms with Crippen LogP contribution in [-0.2, 0) is 0 Å². The van der Waals surface area contributed by atoms with Gasteiger partial charge < -0.3 is 4.42 Å². The molecule has 4 heteroatoms. The van der Waals surface area contributed by atoms with E-state index in [0.717, 1.165) is 14.8 Å². The number of furan rings is 1. The van der Waals surface area contributed by atoms with Gasteiger partial charge in [-0.2, -0.15) is 0 Å². The lowest BCUT2D eigenvalue weighted by Crippen LogP contribution is -1.81. The summed E-state index contributed by atoms with van der Waals surface area (Å²) in [6, 6.07) is 1.82. The number of aromatic nitrogens is 2. The molecule has 0 unspecified atom stereocenters. The van der Waals surface area contributed by atoms with Crippen LogP contribution in [0.2, 0.25) is 0 Å². The van der Waals surface area contributed by atoms with Gasteiger partial charge in [-0.3, -0.25) is 0 Å². The summed E-state index contributed by atoms with van der Waals surface area (Å²) >= 11 is 2.11. The Hall–Kier alpha value is -0.650. The molecule has 0 spiro atoms. The maximum absolute atomic E-state index is 5.12. The number of rotatable bonds is 0. The summed E-state index contributed by atoms with van der Waals surface area (Å²) in [6.07, 6.45) is 3.14. The molecule has 0 fully saturated rings. The number of fused-ring (bicyclic) bond motifs is 1. The topological polar surface area (TPSA) is 38.9 Å². The zero-order valence-corrected chi connectivity index (χ0v) is 7.07. The molecule has 0 aliphatic heterocycles. The fourth-order valence-corrected chi connectivity index (χ4v) is 1.29. The van der Waals surface area contributed by atoms with Gasteiger partial charge in [0, 0.05) is 6.07 Å². The molecule has 0 atom stereocenters. The minimum atomic E-state index is 0.767. The summed E-state index contributed by atoms with van der Waals surface area (Å²) in [5.74, 6) is 0. The summed E-state index contributed by atoms with van der Waals surface area (Å²) in [7, 11) is 0. The van der Waals surface area contributed by atoms with Crippen LogP contribution >= 0.6 is 22.6 Å². The first kappa shape index (κ1) is 6.09. The molecule has 0 N–H and O–H groups in total. The minimum Gasteiger partial charge on any atom is -0.460 e. The van der Waals surface area contributed by atoms with Crippen LogP contribution in [0.3, 0.4) is 0 Å². The summed E-state index contributed by atoms with van der Waals surface area (Å²) in [4.78, 5) is 7.95. The lowest BCUT2D eigenvalue weighted by molar-refractivity contribution is 0.611. The number of halogens is 1. The van der Waals surface area contributed by atoms with Gasteiger partial charge in [-0.15, -0.1) is 0 Å². The lowest BCUT2D eigenvalue weighted by Gasteiger charge is -1.87. The summed E-state index contributed by atoms with van der Waals surface area (Å²) < 4.78 is 5.97. The first-order valence-electron chi connectivity index (χ1n) is 2.71. The molecule has 50 valence electrons. The Labute approximate surface area is 70.6 Å². The highest BCUT2D eigenvalue weighted by molar-refractivity contribution is 14.1. The van der Waals surface area contributed by atoms with Gasteiger partial charge in [0.2, 0.25) is 0 Å². The van der Waals surface area contributed by atoms with Gasteiger partial charge >= 0.3 is 0 Å². The minimum absolute atomic E-state index is 0.767. The van der Waals surface area contributed by atoms with Crippen LogP contribution in [-0.4, -0.2) is 9.97 Å². The number of hydrogen-bond donors (Lipinski definition) is 0. The van der Waals surface area contributed by atoms with Crippen LogP contribution in [0.25, 0.3) is 11.1 Å². The van der Waals surface area contributed by atoms with Crippen LogP contribution < -0.4 is 0 Å². The van der Waals surface area contributed by atoms with E-state index in [1.807, 2.05) is 6.07 Å². The lowest BCUT2D eigenvalue weighted by atomic mass is 10.5. The number of hydrogen-bond acceptors (Lipinski definition) is 3. The third-order valence-corrected chi connectivity index (χ3v) is 1.97. The van der Waals surface area contributed by atoms with Gasteiger partial charge in [-0.05, 0) is 22.6 Å². The van der Waals surface area contributed by atoms with E-state index >= 15 is 0 Å². The summed E-state index contributed by atoms with van der Waals surface area (Å²) in [6.45, 7) is 0. The van der Waals surface area contributed by atoms with E-state index in [-0.39, 0.29) is 0 Å². The third kappa shape index (κ3) is 0.792. The van der Waals surface area contributed by atoms with Crippen LogP contribution in [0.4, 0.5) is 0 Å². The smallest absolute Gasteiger partial charge is 0.184 e. The van der Waals surface area contributed by atoms with E-state index in [0.29, 0.717) is 0 Å². The van der Waals surface area contributed by atoms with Crippen LogP contribution in [0.15, 0.2) is 23.1 Å². The number of nitrogens with zero attached hydrogens (tertiary/aromatic N) is 2. The average Bonchev–Trinajstić information content (AvgIpc) is 2.36. The Kier molecular flexibility index (Phi) is 1.33. The monoisotopic (exact) mass is 246 g/mol. The second-order valence-corrected chi connectivity index (χ2v) is 2.82. The second kappa shape index (κ2) is 2.19. The molecule has 2 aromatic heterocycles. The van der Waals surface area contributed by atoms with E-state index in [9.17, 15) is 0 Å². The second-order valence-electron chi connectivity index (χ2n) is 1.80. The van der Waals surface area contributed by atoms with Gasteiger partial charge in [0.05, 0.1) is 6.26 Å². The highest BCUT2D eigenvalue weighted by atomic mass is 127. The van der Waals surface area contributed by atoms with Crippen molar-refractivity contribution in [1.29, 1.82) is 0 Å². The van der Waals surface area contributed by atoms with E-state index in [1.54, 1.807) is 6.26 Å². The van der Waals surface area contributed by atoms with Gasteiger partial charge in [0.1, 0.15) is 15.5 Å². The Morgan fingerprint density at radius 2 is 2.30 bits per heavy atom. The fourth-order valence-electron chi connectivity index (χ4n) is 0.759.